The molecule has 1 aliphatic rings. The summed E-state index contributed by atoms with van der Waals surface area (Å²) >= 11 is 6.44. The number of nitrogens with zero attached hydrogens (tertiary/aromatic N) is 3. The molecular formula is C18H22ClN3O. The third-order valence-electron chi connectivity index (χ3n) is 4.24. The van der Waals surface area contributed by atoms with Gasteiger partial charge >= 0.3 is 0 Å². The highest BCUT2D eigenvalue weighted by molar-refractivity contribution is 6.33. The molecule has 0 fully saturated rings. The van der Waals surface area contributed by atoms with Crippen LogP contribution in [0.4, 0.5) is 0 Å². The van der Waals surface area contributed by atoms with E-state index in [1.54, 1.807) is 4.68 Å². The van der Waals surface area contributed by atoms with E-state index in [-0.39, 0.29) is 5.91 Å². The van der Waals surface area contributed by atoms with Gasteiger partial charge in [-0.2, -0.15) is 5.10 Å². The van der Waals surface area contributed by atoms with Gasteiger partial charge in [0.25, 0.3) is 5.91 Å². The molecule has 0 aliphatic carbocycles. The van der Waals surface area contributed by atoms with Crippen molar-refractivity contribution in [3.05, 3.63) is 51.8 Å². The summed E-state index contributed by atoms with van der Waals surface area (Å²) in [5, 5.41) is 4.91. The molecule has 2 aromatic rings. The lowest BCUT2D eigenvalue weighted by Crippen LogP contribution is -2.36. The first-order valence-electron chi connectivity index (χ1n) is 8.06. The highest BCUT2D eigenvalue weighted by Gasteiger charge is 2.27. The van der Waals surface area contributed by atoms with Gasteiger partial charge < -0.3 is 4.90 Å². The molecule has 0 bridgehead atoms. The van der Waals surface area contributed by atoms with Crippen molar-refractivity contribution in [1.82, 2.24) is 14.7 Å². The Balaban J connectivity index is 1.86. The number of benzene rings is 1. The fourth-order valence-electron chi connectivity index (χ4n) is 3.09. The van der Waals surface area contributed by atoms with Gasteiger partial charge in [0.15, 0.2) is 0 Å². The zero-order chi connectivity index (χ0) is 16.6. The molecule has 1 aromatic carbocycles. The number of rotatable bonds is 3. The van der Waals surface area contributed by atoms with Gasteiger partial charge in [-0.05, 0) is 30.4 Å². The summed E-state index contributed by atoms with van der Waals surface area (Å²) in [5.41, 5.74) is 3.80. The number of halogens is 1. The molecule has 122 valence electrons. The van der Waals surface area contributed by atoms with Crippen molar-refractivity contribution < 1.29 is 4.79 Å². The molecule has 4 nitrogen and oxygen atoms in total. The van der Waals surface area contributed by atoms with Crippen LogP contribution in [-0.2, 0) is 19.5 Å². The second-order valence-electron chi connectivity index (χ2n) is 6.57. The molecule has 23 heavy (non-hydrogen) atoms. The van der Waals surface area contributed by atoms with Gasteiger partial charge in [0, 0.05) is 19.6 Å². The van der Waals surface area contributed by atoms with Crippen molar-refractivity contribution in [2.75, 3.05) is 6.54 Å². The minimum Gasteiger partial charge on any atom is -0.334 e. The predicted molar refractivity (Wildman–Crippen MR) is 91.7 cm³/mol. The highest BCUT2D eigenvalue weighted by atomic mass is 35.5. The lowest BCUT2D eigenvalue weighted by atomic mass is 9.99. The normalized spacial score (nSPS) is 14.2. The van der Waals surface area contributed by atoms with Crippen LogP contribution in [0.15, 0.2) is 24.3 Å². The Labute approximate surface area is 142 Å². The first-order valence-corrected chi connectivity index (χ1v) is 8.44. The number of carbonyl (C=O) groups is 1. The van der Waals surface area contributed by atoms with Gasteiger partial charge in [0.05, 0.1) is 11.3 Å². The van der Waals surface area contributed by atoms with Crippen LogP contribution >= 0.6 is 11.6 Å². The highest BCUT2D eigenvalue weighted by Crippen LogP contribution is 2.26. The average molecular weight is 332 g/mol. The van der Waals surface area contributed by atoms with E-state index in [0.29, 0.717) is 28.9 Å². The Hall–Kier alpha value is -1.81. The Morgan fingerprint density at radius 1 is 1.30 bits per heavy atom. The van der Waals surface area contributed by atoms with Crippen LogP contribution in [-0.4, -0.2) is 27.1 Å². The molecule has 0 saturated carbocycles. The second-order valence-corrected chi connectivity index (χ2v) is 6.93. The maximum Gasteiger partial charge on any atom is 0.259 e. The molecule has 3 rings (SSSR count). The van der Waals surface area contributed by atoms with Crippen LogP contribution in [0.25, 0.3) is 0 Å². The summed E-state index contributed by atoms with van der Waals surface area (Å²) in [4.78, 5) is 14.8. The molecule has 1 aromatic heterocycles. The maximum atomic E-state index is 12.9. The summed E-state index contributed by atoms with van der Waals surface area (Å²) in [5.74, 6) is 0.411. The van der Waals surface area contributed by atoms with Crippen molar-refractivity contribution in [3.8, 4) is 0 Å². The quantitative estimate of drug-likeness (QED) is 0.860. The van der Waals surface area contributed by atoms with Crippen LogP contribution in [0.5, 0.6) is 0 Å². The molecule has 1 amide bonds. The van der Waals surface area contributed by atoms with Crippen LogP contribution in [0.3, 0.4) is 0 Å². The van der Waals surface area contributed by atoms with E-state index in [0.717, 1.165) is 19.5 Å². The topological polar surface area (TPSA) is 38.1 Å². The molecular weight excluding hydrogens is 310 g/mol. The van der Waals surface area contributed by atoms with Crippen LogP contribution in [0.1, 0.15) is 41.0 Å². The Kier molecular flexibility index (Phi) is 4.44. The zero-order valence-corrected chi connectivity index (χ0v) is 14.6. The van der Waals surface area contributed by atoms with Gasteiger partial charge in [-0.25, -0.2) is 0 Å². The Bertz CT molecular complexity index is 736. The number of aryl methyl sites for hydroxylation is 1. The van der Waals surface area contributed by atoms with E-state index < -0.39 is 0 Å². The number of aromatic nitrogens is 2. The van der Waals surface area contributed by atoms with Crippen molar-refractivity contribution in [3.63, 3.8) is 0 Å². The summed E-state index contributed by atoms with van der Waals surface area (Å²) in [7, 11) is 0. The molecule has 0 radical (unpaired) electrons. The molecule has 0 unspecified atom stereocenters. The van der Waals surface area contributed by atoms with Crippen molar-refractivity contribution in [2.24, 2.45) is 5.92 Å². The monoisotopic (exact) mass is 331 g/mol. The molecule has 2 heterocycles. The number of fused-ring (bicyclic) bond motifs is 1. The lowest BCUT2D eigenvalue weighted by molar-refractivity contribution is 0.0734. The van der Waals surface area contributed by atoms with Crippen molar-refractivity contribution >= 4 is 17.5 Å². The van der Waals surface area contributed by atoms with E-state index in [1.165, 1.54) is 11.1 Å². The predicted octanol–water partition coefficient (Wildman–Crippen LogP) is 3.70. The van der Waals surface area contributed by atoms with E-state index in [9.17, 15) is 4.79 Å². The molecule has 5 heteroatoms. The number of hydrogen-bond acceptors (Lipinski definition) is 2. The van der Waals surface area contributed by atoms with Crippen molar-refractivity contribution in [2.45, 2.75) is 40.3 Å². The van der Waals surface area contributed by atoms with Gasteiger partial charge in [-0.1, -0.05) is 49.7 Å². The Morgan fingerprint density at radius 2 is 2.00 bits per heavy atom. The van der Waals surface area contributed by atoms with E-state index in [1.807, 2.05) is 24.0 Å². The van der Waals surface area contributed by atoms with Gasteiger partial charge in [0.1, 0.15) is 5.15 Å². The van der Waals surface area contributed by atoms with Crippen LogP contribution < -0.4 is 0 Å². The minimum atomic E-state index is -0.0167. The minimum absolute atomic E-state index is 0.0167. The van der Waals surface area contributed by atoms with Gasteiger partial charge in [-0.15, -0.1) is 0 Å². The number of hydrogen-bond donors (Lipinski definition) is 0. The van der Waals surface area contributed by atoms with Crippen LogP contribution in [0.2, 0.25) is 5.15 Å². The third-order valence-corrected chi connectivity index (χ3v) is 4.62. The largest absolute Gasteiger partial charge is 0.334 e. The van der Waals surface area contributed by atoms with Gasteiger partial charge in [-0.3, -0.25) is 9.48 Å². The summed E-state index contributed by atoms with van der Waals surface area (Å²) < 4.78 is 1.74. The third kappa shape index (κ3) is 3.13. The fraction of sp³-hybridized carbons (Fsp3) is 0.444. The van der Waals surface area contributed by atoms with Crippen LogP contribution in [0, 0.1) is 12.8 Å². The van der Waals surface area contributed by atoms with E-state index in [4.69, 9.17) is 11.6 Å². The fourth-order valence-corrected chi connectivity index (χ4v) is 3.41. The van der Waals surface area contributed by atoms with Gasteiger partial charge in [0.2, 0.25) is 0 Å². The summed E-state index contributed by atoms with van der Waals surface area (Å²) in [6.07, 6.45) is 0.888. The maximum absolute atomic E-state index is 12.9. The first-order chi connectivity index (χ1) is 11.0. The molecule has 0 N–H and O–H groups in total. The number of carbonyl (C=O) groups excluding carboxylic acids is 1. The second kappa shape index (κ2) is 6.36. The SMILES string of the molecule is Cc1nn(CC(C)C)c(Cl)c1C(=O)N1CCc2ccccc2C1. The number of amides is 1. The molecule has 0 saturated heterocycles. The Morgan fingerprint density at radius 3 is 2.70 bits per heavy atom. The molecule has 0 atom stereocenters. The first kappa shape index (κ1) is 16.1. The van der Waals surface area contributed by atoms with E-state index in [2.05, 4.69) is 31.1 Å². The molecule has 1 aliphatic heterocycles. The summed E-state index contributed by atoms with van der Waals surface area (Å²) in [6.45, 7) is 8.15. The molecule has 0 spiro atoms. The lowest BCUT2D eigenvalue weighted by Gasteiger charge is -2.28. The van der Waals surface area contributed by atoms with Crippen molar-refractivity contribution in [1.29, 1.82) is 0 Å². The zero-order valence-electron chi connectivity index (χ0n) is 13.8. The summed E-state index contributed by atoms with van der Waals surface area (Å²) in [6, 6.07) is 8.29. The standard InChI is InChI=1S/C18H22ClN3O/c1-12(2)10-22-17(19)16(13(3)20-22)18(23)21-9-8-14-6-4-5-7-15(14)11-21/h4-7,12H,8-11H2,1-3H3. The smallest absolute Gasteiger partial charge is 0.259 e. The van der Waals surface area contributed by atoms with E-state index >= 15 is 0 Å². The average Bonchev–Trinajstić information content (AvgIpc) is 2.79.